The largest absolute Gasteiger partial charge is 0.454 e. The molecule has 0 aliphatic carbocycles. The first-order valence-corrected chi connectivity index (χ1v) is 13.3. The van der Waals surface area contributed by atoms with Crippen molar-refractivity contribution in [3.63, 3.8) is 0 Å². The monoisotopic (exact) mass is 587 g/mol. The van der Waals surface area contributed by atoms with Gasteiger partial charge in [-0.1, -0.05) is 6.07 Å². The van der Waals surface area contributed by atoms with Crippen molar-refractivity contribution in [1.29, 1.82) is 0 Å². The summed E-state index contributed by atoms with van der Waals surface area (Å²) in [6.45, 7) is 0.524. The van der Waals surface area contributed by atoms with Crippen LogP contribution < -0.4 is 16.0 Å². The zero-order chi connectivity index (χ0) is 30.5. The van der Waals surface area contributed by atoms with Crippen LogP contribution >= 0.6 is 0 Å². The van der Waals surface area contributed by atoms with Gasteiger partial charge in [-0.3, -0.25) is 23.8 Å². The van der Waals surface area contributed by atoms with Crippen molar-refractivity contribution in [1.82, 2.24) is 23.9 Å². The summed E-state index contributed by atoms with van der Waals surface area (Å²) in [5.41, 5.74) is -0.0187. The van der Waals surface area contributed by atoms with Crippen LogP contribution in [0.15, 0.2) is 89.0 Å². The molecule has 0 bridgehead atoms. The molecule has 0 fully saturated rings. The molecule has 0 amide bonds. The Morgan fingerprint density at radius 3 is 2.49 bits per heavy atom. The van der Waals surface area contributed by atoms with Crippen molar-refractivity contribution >= 4 is 5.78 Å². The second-order valence-electron chi connectivity index (χ2n) is 9.73. The first kappa shape index (κ1) is 29.3. The zero-order valence-corrected chi connectivity index (χ0v) is 23.4. The van der Waals surface area contributed by atoms with Gasteiger partial charge in [0.15, 0.2) is 17.3 Å². The van der Waals surface area contributed by atoms with Gasteiger partial charge in [-0.15, -0.1) is 0 Å². The third-order valence-corrected chi connectivity index (χ3v) is 6.61. The van der Waals surface area contributed by atoms with E-state index < -0.39 is 28.7 Å². The Morgan fingerprint density at radius 2 is 1.79 bits per heavy atom. The number of ketones is 1. The molecule has 0 spiro atoms. The van der Waals surface area contributed by atoms with E-state index in [-0.39, 0.29) is 30.0 Å². The van der Waals surface area contributed by atoms with Crippen LogP contribution in [0.5, 0.6) is 11.5 Å². The van der Waals surface area contributed by atoms with E-state index in [9.17, 15) is 18.8 Å². The number of aryl methyl sites for hydroxylation is 2. The minimum atomic E-state index is -0.855. The predicted octanol–water partition coefficient (Wildman–Crippen LogP) is 4.33. The number of halogens is 2. The summed E-state index contributed by atoms with van der Waals surface area (Å²) in [5, 5.41) is 4.12. The average Bonchev–Trinajstić information content (AvgIpc) is 3.43. The standard InChI is InChI=1S/C31H27F2N5O5/c1-36-18-21(17-35-36)27-16-24(10-11-34-27)43-29-9-4-20(14-26(29)33)15-28(39)25-19-37(12-3-13-42-2)31(41)38(30(25)40)23-7-5-22(32)6-8-23/h4-11,14,16-19H,3,12-13,15H2,1-2H3. The third-order valence-electron chi connectivity index (χ3n) is 6.61. The Kier molecular flexibility index (Phi) is 8.67. The molecule has 0 N–H and O–H groups in total. The Morgan fingerprint density at radius 1 is 1.00 bits per heavy atom. The molecular formula is C31H27F2N5O5. The number of hydrogen-bond donors (Lipinski definition) is 0. The molecule has 3 heterocycles. The van der Waals surface area contributed by atoms with E-state index in [0.717, 1.165) is 28.3 Å². The van der Waals surface area contributed by atoms with Crippen molar-refractivity contribution < 1.29 is 23.0 Å². The maximum Gasteiger partial charge on any atom is 0.335 e. The summed E-state index contributed by atoms with van der Waals surface area (Å²) in [6, 6.07) is 12.1. The van der Waals surface area contributed by atoms with Gasteiger partial charge in [0.2, 0.25) is 0 Å². The third kappa shape index (κ3) is 6.65. The number of hydrogen-bond acceptors (Lipinski definition) is 7. The van der Waals surface area contributed by atoms with Gasteiger partial charge < -0.3 is 9.47 Å². The van der Waals surface area contributed by atoms with Crippen molar-refractivity contribution in [3.8, 4) is 28.4 Å². The fraction of sp³-hybridized carbons (Fsp3) is 0.194. The summed E-state index contributed by atoms with van der Waals surface area (Å²) in [7, 11) is 3.30. The minimum absolute atomic E-state index is 0.0649. The maximum absolute atomic E-state index is 15.1. The molecule has 3 aromatic heterocycles. The number of Topliss-reactive ketones (excluding diaryl/α,β-unsaturated/α-hetero) is 1. The van der Waals surface area contributed by atoms with Gasteiger partial charge in [-0.05, 0) is 54.4 Å². The van der Waals surface area contributed by atoms with Crippen molar-refractivity contribution in [3.05, 3.63) is 123 Å². The maximum atomic E-state index is 15.1. The number of benzene rings is 2. The van der Waals surface area contributed by atoms with E-state index in [1.54, 1.807) is 36.3 Å². The highest BCUT2D eigenvalue weighted by atomic mass is 19.1. The molecule has 0 aliphatic heterocycles. The summed E-state index contributed by atoms with van der Waals surface area (Å²) in [5.74, 6) is -1.58. The van der Waals surface area contributed by atoms with E-state index >= 15 is 4.39 Å². The first-order chi connectivity index (χ1) is 20.7. The van der Waals surface area contributed by atoms with Gasteiger partial charge in [-0.2, -0.15) is 5.10 Å². The quantitative estimate of drug-likeness (QED) is 0.167. The van der Waals surface area contributed by atoms with Crippen molar-refractivity contribution in [2.75, 3.05) is 13.7 Å². The lowest BCUT2D eigenvalue weighted by atomic mass is 10.0. The molecule has 2 aromatic carbocycles. The molecule has 0 atom stereocenters. The number of carbonyl (C=O) groups excluding carboxylic acids is 1. The van der Waals surface area contributed by atoms with E-state index in [1.165, 1.54) is 48.3 Å². The van der Waals surface area contributed by atoms with Gasteiger partial charge in [0.25, 0.3) is 5.56 Å². The lowest BCUT2D eigenvalue weighted by Crippen LogP contribution is -2.41. The lowest BCUT2D eigenvalue weighted by Gasteiger charge is -2.13. The van der Waals surface area contributed by atoms with E-state index in [1.807, 2.05) is 0 Å². The lowest BCUT2D eigenvalue weighted by molar-refractivity contribution is 0.0990. The first-order valence-electron chi connectivity index (χ1n) is 13.3. The van der Waals surface area contributed by atoms with Crippen LogP contribution in [-0.4, -0.2) is 43.4 Å². The normalized spacial score (nSPS) is 11.1. The number of nitrogens with zero attached hydrogens (tertiary/aromatic N) is 5. The fourth-order valence-corrected chi connectivity index (χ4v) is 4.48. The number of methoxy groups -OCH3 is 1. The summed E-state index contributed by atoms with van der Waals surface area (Å²) < 4.78 is 43.1. The molecule has 43 heavy (non-hydrogen) atoms. The van der Waals surface area contributed by atoms with Crippen LogP contribution in [0.1, 0.15) is 22.3 Å². The number of carbonyl (C=O) groups is 1. The summed E-state index contributed by atoms with van der Waals surface area (Å²) in [6.07, 6.45) is 6.32. The second-order valence-corrected chi connectivity index (χ2v) is 9.73. The molecule has 0 unspecified atom stereocenters. The number of aromatic nitrogens is 5. The summed E-state index contributed by atoms with van der Waals surface area (Å²) >= 11 is 0. The van der Waals surface area contributed by atoms with Gasteiger partial charge in [-0.25, -0.2) is 18.1 Å². The van der Waals surface area contributed by atoms with Gasteiger partial charge >= 0.3 is 5.69 Å². The Balaban J connectivity index is 1.40. The van der Waals surface area contributed by atoms with Crippen LogP contribution in [0.4, 0.5) is 8.78 Å². The highest BCUT2D eigenvalue weighted by Crippen LogP contribution is 2.28. The van der Waals surface area contributed by atoms with Gasteiger partial charge in [0, 0.05) is 64.0 Å². The van der Waals surface area contributed by atoms with Gasteiger partial charge in [0.1, 0.15) is 17.1 Å². The highest BCUT2D eigenvalue weighted by molar-refractivity contribution is 5.97. The minimum Gasteiger partial charge on any atom is -0.454 e. The fourth-order valence-electron chi connectivity index (χ4n) is 4.48. The zero-order valence-electron chi connectivity index (χ0n) is 23.4. The van der Waals surface area contributed by atoms with E-state index in [0.29, 0.717) is 30.0 Å². The molecule has 12 heteroatoms. The van der Waals surface area contributed by atoms with Crippen molar-refractivity contribution in [2.45, 2.75) is 19.4 Å². The Bertz CT molecular complexity index is 1900. The molecule has 5 rings (SSSR count). The van der Waals surface area contributed by atoms with Crippen LogP contribution in [0.25, 0.3) is 16.9 Å². The Hall–Kier alpha value is -5.23. The van der Waals surface area contributed by atoms with Crippen LogP contribution in [-0.2, 0) is 24.8 Å². The SMILES string of the molecule is COCCCn1cc(C(=O)Cc2ccc(Oc3ccnc(-c4cnn(C)c4)c3)c(F)c2)c(=O)n(-c2ccc(F)cc2)c1=O. The van der Waals surface area contributed by atoms with E-state index in [4.69, 9.17) is 9.47 Å². The van der Waals surface area contributed by atoms with E-state index in [2.05, 4.69) is 10.1 Å². The number of rotatable bonds is 11. The molecular weight excluding hydrogens is 560 g/mol. The average molecular weight is 588 g/mol. The van der Waals surface area contributed by atoms with Crippen LogP contribution in [0.3, 0.4) is 0 Å². The van der Waals surface area contributed by atoms with Crippen LogP contribution in [0, 0.1) is 11.6 Å². The molecule has 0 aliphatic rings. The molecule has 10 nitrogen and oxygen atoms in total. The second kappa shape index (κ2) is 12.7. The molecule has 5 aromatic rings. The smallest absolute Gasteiger partial charge is 0.335 e. The molecule has 0 radical (unpaired) electrons. The molecule has 0 saturated heterocycles. The number of ether oxygens (including phenoxy) is 2. The number of pyridine rings is 1. The topological polar surface area (TPSA) is 110 Å². The highest BCUT2D eigenvalue weighted by Gasteiger charge is 2.20. The Labute approximate surface area is 244 Å². The summed E-state index contributed by atoms with van der Waals surface area (Å²) in [4.78, 5) is 44.1. The van der Waals surface area contributed by atoms with Crippen molar-refractivity contribution in [2.24, 2.45) is 7.05 Å². The van der Waals surface area contributed by atoms with Gasteiger partial charge in [0.05, 0.1) is 17.6 Å². The van der Waals surface area contributed by atoms with Crippen LogP contribution in [0.2, 0.25) is 0 Å². The molecule has 0 saturated carbocycles. The predicted molar refractivity (Wildman–Crippen MR) is 154 cm³/mol. The molecule has 220 valence electrons.